The summed E-state index contributed by atoms with van der Waals surface area (Å²) in [6, 6.07) is 9.28. The SMILES string of the molecule is CN(C)CC(=O)N1[C@@H](CO)[C@@H](c2ccccc2)C12CN(CCC(F)(F)F)C2. The second kappa shape index (κ2) is 7.41. The van der Waals surface area contributed by atoms with Crippen LogP contribution < -0.4 is 0 Å². The first kappa shape index (κ1) is 20.1. The van der Waals surface area contributed by atoms with Crippen LogP contribution in [0.4, 0.5) is 13.2 Å². The quantitative estimate of drug-likeness (QED) is 0.807. The number of likely N-dealkylation sites (tertiary alicyclic amines) is 2. The molecule has 1 spiro atoms. The van der Waals surface area contributed by atoms with Crippen molar-refractivity contribution in [3.63, 3.8) is 0 Å². The van der Waals surface area contributed by atoms with E-state index in [1.54, 1.807) is 28.8 Å². The standard InChI is InChI=1S/C19H26F3N3O2/c1-23(2)10-16(27)25-15(11-26)17(14-6-4-3-5-7-14)18(25)12-24(13-18)9-8-19(20,21)22/h3-7,15,17,26H,8-13H2,1-2H3/t15-,17+/m0/s1. The third kappa shape index (κ3) is 3.83. The third-order valence-electron chi connectivity index (χ3n) is 5.55. The van der Waals surface area contributed by atoms with Crippen molar-refractivity contribution in [2.75, 3.05) is 46.9 Å². The number of nitrogens with zero attached hydrogens (tertiary/aromatic N) is 3. The van der Waals surface area contributed by atoms with E-state index in [0.717, 1.165) is 5.56 Å². The van der Waals surface area contributed by atoms with Crippen molar-refractivity contribution in [2.24, 2.45) is 0 Å². The molecule has 1 aromatic carbocycles. The largest absolute Gasteiger partial charge is 0.394 e. The average molecular weight is 385 g/mol. The summed E-state index contributed by atoms with van der Waals surface area (Å²) in [4.78, 5) is 18.0. The van der Waals surface area contributed by atoms with Crippen LogP contribution in [-0.2, 0) is 4.79 Å². The molecule has 0 aliphatic carbocycles. The van der Waals surface area contributed by atoms with Crippen molar-refractivity contribution in [3.8, 4) is 0 Å². The second-order valence-corrected chi connectivity index (χ2v) is 7.82. The van der Waals surface area contributed by atoms with E-state index in [4.69, 9.17) is 0 Å². The molecule has 2 fully saturated rings. The van der Waals surface area contributed by atoms with Crippen LogP contribution in [0, 0.1) is 0 Å². The number of rotatable bonds is 6. The van der Waals surface area contributed by atoms with E-state index >= 15 is 0 Å². The summed E-state index contributed by atoms with van der Waals surface area (Å²) < 4.78 is 37.6. The number of aliphatic hydroxyl groups is 1. The van der Waals surface area contributed by atoms with E-state index in [9.17, 15) is 23.1 Å². The number of hydrogen-bond donors (Lipinski definition) is 1. The topological polar surface area (TPSA) is 47.0 Å². The van der Waals surface area contributed by atoms with Gasteiger partial charge < -0.3 is 14.9 Å². The van der Waals surface area contributed by atoms with Crippen molar-refractivity contribution < 1.29 is 23.1 Å². The fourth-order valence-electron chi connectivity index (χ4n) is 4.59. The van der Waals surface area contributed by atoms with Crippen LogP contribution in [0.15, 0.2) is 30.3 Å². The van der Waals surface area contributed by atoms with Gasteiger partial charge in [-0.25, -0.2) is 0 Å². The summed E-state index contributed by atoms with van der Waals surface area (Å²) in [7, 11) is 3.59. The predicted molar refractivity (Wildman–Crippen MR) is 95.3 cm³/mol. The highest BCUT2D eigenvalue weighted by Crippen LogP contribution is 2.53. The molecule has 1 N–H and O–H groups in total. The molecular formula is C19H26F3N3O2. The molecule has 150 valence electrons. The molecule has 2 atom stereocenters. The van der Waals surface area contributed by atoms with Crippen LogP contribution in [0.3, 0.4) is 0 Å². The Morgan fingerprint density at radius 3 is 2.41 bits per heavy atom. The van der Waals surface area contributed by atoms with E-state index in [1.165, 1.54) is 0 Å². The van der Waals surface area contributed by atoms with Gasteiger partial charge in [-0.15, -0.1) is 0 Å². The second-order valence-electron chi connectivity index (χ2n) is 7.82. The monoisotopic (exact) mass is 385 g/mol. The summed E-state index contributed by atoms with van der Waals surface area (Å²) in [5.41, 5.74) is 0.480. The Labute approximate surface area is 157 Å². The van der Waals surface area contributed by atoms with Crippen molar-refractivity contribution >= 4 is 5.91 Å². The highest BCUT2D eigenvalue weighted by atomic mass is 19.4. The van der Waals surface area contributed by atoms with Gasteiger partial charge in [0, 0.05) is 25.6 Å². The highest BCUT2D eigenvalue weighted by molar-refractivity contribution is 5.82. The lowest BCUT2D eigenvalue weighted by molar-refractivity contribution is -0.206. The summed E-state index contributed by atoms with van der Waals surface area (Å²) in [5, 5.41) is 9.93. The molecule has 1 amide bonds. The molecule has 2 aliphatic heterocycles. The number of carbonyl (C=O) groups excluding carboxylic acids is 1. The van der Waals surface area contributed by atoms with Gasteiger partial charge in [-0.05, 0) is 19.7 Å². The molecule has 0 saturated carbocycles. The smallest absolute Gasteiger partial charge is 0.390 e. The minimum atomic E-state index is -4.19. The molecular weight excluding hydrogens is 359 g/mol. The number of benzene rings is 1. The summed E-state index contributed by atoms with van der Waals surface area (Å²) >= 11 is 0. The summed E-state index contributed by atoms with van der Waals surface area (Å²) in [6.45, 7) is 0.786. The van der Waals surface area contributed by atoms with Crippen LogP contribution in [0.2, 0.25) is 0 Å². The van der Waals surface area contributed by atoms with Crippen LogP contribution in [0.25, 0.3) is 0 Å². The van der Waals surface area contributed by atoms with Crippen LogP contribution >= 0.6 is 0 Å². The zero-order valence-electron chi connectivity index (χ0n) is 15.6. The van der Waals surface area contributed by atoms with Crippen molar-refractivity contribution in [2.45, 2.75) is 30.1 Å². The average Bonchev–Trinajstić information content (AvgIpc) is 2.51. The van der Waals surface area contributed by atoms with E-state index in [1.807, 2.05) is 30.3 Å². The molecule has 0 bridgehead atoms. The lowest BCUT2D eigenvalue weighted by Gasteiger charge is -2.71. The van der Waals surface area contributed by atoms with Gasteiger partial charge in [0.2, 0.25) is 5.91 Å². The number of halogens is 3. The normalized spacial score (nSPS) is 24.8. The van der Waals surface area contributed by atoms with Crippen molar-refractivity contribution in [3.05, 3.63) is 35.9 Å². The molecule has 27 heavy (non-hydrogen) atoms. The first-order chi connectivity index (χ1) is 12.7. The van der Waals surface area contributed by atoms with Crippen LogP contribution in [0.5, 0.6) is 0 Å². The Morgan fingerprint density at radius 1 is 1.26 bits per heavy atom. The van der Waals surface area contributed by atoms with E-state index < -0.39 is 18.1 Å². The number of likely N-dealkylation sites (N-methyl/N-ethyl adjacent to an activating group) is 1. The molecule has 8 heteroatoms. The number of hydrogen-bond acceptors (Lipinski definition) is 4. The molecule has 3 rings (SSSR count). The van der Waals surface area contributed by atoms with Gasteiger partial charge in [0.25, 0.3) is 0 Å². The fourth-order valence-corrected chi connectivity index (χ4v) is 4.59. The molecule has 0 radical (unpaired) electrons. The Hall–Kier alpha value is -1.64. The van der Waals surface area contributed by atoms with Crippen molar-refractivity contribution in [1.29, 1.82) is 0 Å². The number of aliphatic hydroxyl groups excluding tert-OH is 1. The maximum Gasteiger partial charge on any atom is 0.390 e. The lowest BCUT2D eigenvalue weighted by atomic mass is 9.60. The Balaban J connectivity index is 1.80. The maximum absolute atomic E-state index is 12.8. The van der Waals surface area contributed by atoms with Gasteiger partial charge >= 0.3 is 6.18 Å². The van der Waals surface area contributed by atoms with Gasteiger partial charge in [0.15, 0.2) is 0 Å². The number of alkyl halides is 3. The van der Waals surface area contributed by atoms with Gasteiger partial charge in [-0.1, -0.05) is 30.3 Å². The first-order valence-electron chi connectivity index (χ1n) is 9.10. The zero-order valence-corrected chi connectivity index (χ0v) is 15.6. The predicted octanol–water partition coefficient (Wildman–Crippen LogP) is 1.54. The van der Waals surface area contributed by atoms with Crippen molar-refractivity contribution in [1.82, 2.24) is 14.7 Å². The van der Waals surface area contributed by atoms with Crippen LogP contribution in [0.1, 0.15) is 17.9 Å². The van der Waals surface area contributed by atoms with Gasteiger partial charge in [0.1, 0.15) is 0 Å². The van der Waals surface area contributed by atoms with Gasteiger partial charge in [0.05, 0.1) is 31.2 Å². The molecule has 2 heterocycles. The van der Waals surface area contributed by atoms with E-state index in [0.29, 0.717) is 13.1 Å². The number of carbonyl (C=O) groups is 1. The lowest BCUT2D eigenvalue weighted by Crippen LogP contribution is -2.86. The molecule has 1 aromatic rings. The first-order valence-corrected chi connectivity index (χ1v) is 9.10. The summed E-state index contributed by atoms with van der Waals surface area (Å²) in [6.07, 6.45) is -5.04. The molecule has 0 aromatic heterocycles. The minimum Gasteiger partial charge on any atom is -0.394 e. The highest BCUT2D eigenvalue weighted by Gasteiger charge is 2.67. The molecule has 2 aliphatic rings. The Kier molecular flexibility index (Phi) is 5.52. The maximum atomic E-state index is 12.8. The van der Waals surface area contributed by atoms with E-state index in [-0.39, 0.29) is 37.6 Å². The molecule has 0 unspecified atom stereocenters. The zero-order chi connectivity index (χ0) is 19.8. The van der Waals surface area contributed by atoms with Crippen LogP contribution in [-0.4, -0.2) is 90.4 Å². The van der Waals surface area contributed by atoms with Gasteiger partial charge in [-0.3, -0.25) is 9.69 Å². The Morgan fingerprint density at radius 2 is 1.89 bits per heavy atom. The minimum absolute atomic E-state index is 0.0632. The van der Waals surface area contributed by atoms with E-state index in [2.05, 4.69) is 0 Å². The molecule has 2 saturated heterocycles. The fraction of sp³-hybridized carbons (Fsp3) is 0.632. The van der Waals surface area contributed by atoms with Gasteiger partial charge in [-0.2, -0.15) is 13.2 Å². The third-order valence-corrected chi connectivity index (χ3v) is 5.55. The Bertz CT molecular complexity index is 660. The molecule has 5 nitrogen and oxygen atoms in total. The number of amides is 1. The summed E-state index contributed by atoms with van der Waals surface area (Å²) in [5.74, 6) is -0.168.